The van der Waals surface area contributed by atoms with Gasteiger partial charge in [-0.3, -0.25) is 0 Å². The first-order valence-electron chi connectivity index (χ1n) is 6.75. The molecular weight excluding hydrogens is 184 g/mol. The van der Waals surface area contributed by atoms with Crippen molar-refractivity contribution in [1.82, 2.24) is 10.2 Å². The molecule has 1 aliphatic heterocycles. The highest BCUT2D eigenvalue weighted by molar-refractivity contribution is 4.78. The van der Waals surface area contributed by atoms with Crippen LogP contribution in [0, 0.1) is 11.8 Å². The monoisotopic (exact) mass is 210 g/mol. The van der Waals surface area contributed by atoms with Gasteiger partial charge >= 0.3 is 0 Å². The third-order valence-corrected chi connectivity index (χ3v) is 4.25. The van der Waals surface area contributed by atoms with Crippen LogP contribution in [0.15, 0.2) is 0 Å². The third kappa shape index (κ3) is 3.46. The summed E-state index contributed by atoms with van der Waals surface area (Å²) in [5.74, 6) is 2.05. The van der Waals surface area contributed by atoms with Gasteiger partial charge in [-0.1, -0.05) is 6.42 Å². The Balaban J connectivity index is 1.58. The highest BCUT2D eigenvalue weighted by Crippen LogP contribution is 2.29. The predicted octanol–water partition coefficient (Wildman–Crippen LogP) is 2.11. The Bertz CT molecular complexity index is 169. The summed E-state index contributed by atoms with van der Waals surface area (Å²) < 4.78 is 0. The van der Waals surface area contributed by atoms with Crippen LogP contribution in [0.25, 0.3) is 0 Å². The quantitative estimate of drug-likeness (QED) is 0.747. The summed E-state index contributed by atoms with van der Waals surface area (Å²) >= 11 is 0. The molecule has 2 heteroatoms. The molecule has 1 aliphatic carbocycles. The Morgan fingerprint density at radius 1 is 1.07 bits per heavy atom. The van der Waals surface area contributed by atoms with Gasteiger partial charge < -0.3 is 10.2 Å². The van der Waals surface area contributed by atoms with Gasteiger partial charge in [0.25, 0.3) is 0 Å². The van der Waals surface area contributed by atoms with E-state index in [0.29, 0.717) is 0 Å². The number of rotatable bonds is 5. The minimum atomic E-state index is 0.995. The highest BCUT2D eigenvalue weighted by atomic mass is 15.1. The average Bonchev–Trinajstić information content (AvgIpc) is 2.22. The fraction of sp³-hybridized carbons (Fsp3) is 1.00. The summed E-state index contributed by atoms with van der Waals surface area (Å²) in [5, 5.41) is 3.26. The van der Waals surface area contributed by atoms with Crippen LogP contribution in [0.5, 0.6) is 0 Å². The van der Waals surface area contributed by atoms with E-state index in [1.54, 1.807) is 0 Å². The van der Waals surface area contributed by atoms with Gasteiger partial charge in [-0.15, -0.1) is 0 Å². The molecule has 1 saturated carbocycles. The lowest BCUT2D eigenvalue weighted by atomic mass is 9.84. The lowest BCUT2D eigenvalue weighted by Gasteiger charge is -2.37. The van der Waals surface area contributed by atoms with E-state index in [2.05, 4.69) is 17.3 Å². The zero-order valence-corrected chi connectivity index (χ0v) is 10.2. The summed E-state index contributed by atoms with van der Waals surface area (Å²) in [6.07, 6.45) is 8.75. The molecule has 88 valence electrons. The molecule has 0 atom stereocenters. The van der Waals surface area contributed by atoms with Crippen molar-refractivity contribution in [2.24, 2.45) is 11.8 Å². The zero-order valence-electron chi connectivity index (χ0n) is 10.2. The average molecular weight is 210 g/mol. The standard InChI is InChI=1S/C13H26N2/c1-14-8-5-12-6-9-15(10-7-12)11-13-3-2-4-13/h12-14H,2-11H2,1H3. The Morgan fingerprint density at radius 3 is 2.33 bits per heavy atom. The third-order valence-electron chi connectivity index (χ3n) is 4.25. The first kappa shape index (κ1) is 11.4. The second kappa shape index (κ2) is 5.86. The molecule has 0 unspecified atom stereocenters. The Morgan fingerprint density at radius 2 is 1.80 bits per heavy atom. The maximum absolute atomic E-state index is 3.26. The molecule has 0 aromatic carbocycles. The van der Waals surface area contributed by atoms with Gasteiger partial charge in [0.1, 0.15) is 0 Å². The minimum absolute atomic E-state index is 0.995. The molecule has 0 aromatic heterocycles. The van der Waals surface area contributed by atoms with E-state index >= 15 is 0 Å². The fourth-order valence-corrected chi connectivity index (χ4v) is 2.85. The molecule has 0 amide bonds. The smallest absolute Gasteiger partial charge is 0.000966 e. The molecule has 1 N–H and O–H groups in total. The van der Waals surface area contributed by atoms with Gasteiger partial charge in [0, 0.05) is 6.54 Å². The van der Waals surface area contributed by atoms with E-state index in [-0.39, 0.29) is 0 Å². The summed E-state index contributed by atoms with van der Waals surface area (Å²) in [5.41, 5.74) is 0. The maximum atomic E-state index is 3.26. The van der Waals surface area contributed by atoms with E-state index in [9.17, 15) is 0 Å². The number of hydrogen-bond donors (Lipinski definition) is 1. The number of hydrogen-bond acceptors (Lipinski definition) is 2. The van der Waals surface area contributed by atoms with E-state index in [1.807, 2.05) is 0 Å². The van der Waals surface area contributed by atoms with Crippen molar-refractivity contribution in [2.45, 2.75) is 38.5 Å². The molecule has 0 bridgehead atoms. The second-order valence-electron chi connectivity index (χ2n) is 5.43. The van der Waals surface area contributed by atoms with Crippen LogP contribution in [0.1, 0.15) is 38.5 Å². The van der Waals surface area contributed by atoms with Crippen LogP contribution in [-0.4, -0.2) is 38.1 Å². The molecule has 0 aromatic rings. The summed E-state index contributed by atoms with van der Waals surface area (Å²) in [6, 6.07) is 0. The van der Waals surface area contributed by atoms with Crippen molar-refractivity contribution in [2.75, 3.05) is 33.2 Å². The minimum Gasteiger partial charge on any atom is -0.320 e. The largest absolute Gasteiger partial charge is 0.320 e. The first-order chi connectivity index (χ1) is 7.38. The SMILES string of the molecule is CNCCC1CCN(CC2CCC2)CC1. The molecule has 15 heavy (non-hydrogen) atoms. The van der Waals surface area contributed by atoms with E-state index < -0.39 is 0 Å². The van der Waals surface area contributed by atoms with Crippen molar-refractivity contribution in [3.05, 3.63) is 0 Å². The summed E-state index contributed by atoms with van der Waals surface area (Å²) in [4.78, 5) is 2.71. The zero-order chi connectivity index (χ0) is 10.5. The lowest BCUT2D eigenvalue weighted by molar-refractivity contribution is 0.129. The van der Waals surface area contributed by atoms with E-state index in [1.165, 1.54) is 64.7 Å². The topological polar surface area (TPSA) is 15.3 Å². The van der Waals surface area contributed by atoms with E-state index in [0.717, 1.165) is 11.8 Å². The van der Waals surface area contributed by atoms with Gasteiger partial charge in [-0.05, 0) is 70.6 Å². The van der Waals surface area contributed by atoms with Crippen LogP contribution in [0.4, 0.5) is 0 Å². The molecule has 2 nitrogen and oxygen atoms in total. The van der Waals surface area contributed by atoms with Crippen molar-refractivity contribution in [1.29, 1.82) is 0 Å². The first-order valence-corrected chi connectivity index (χ1v) is 6.75. The van der Waals surface area contributed by atoms with Gasteiger partial charge in [-0.2, -0.15) is 0 Å². The molecule has 2 aliphatic rings. The van der Waals surface area contributed by atoms with Crippen molar-refractivity contribution in [3.63, 3.8) is 0 Å². The second-order valence-corrected chi connectivity index (χ2v) is 5.43. The molecule has 0 spiro atoms. The Hall–Kier alpha value is -0.0800. The fourth-order valence-electron chi connectivity index (χ4n) is 2.85. The highest BCUT2D eigenvalue weighted by Gasteiger charge is 2.24. The van der Waals surface area contributed by atoms with Gasteiger partial charge in [-0.25, -0.2) is 0 Å². The number of piperidine rings is 1. The molecule has 2 fully saturated rings. The van der Waals surface area contributed by atoms with Gasteiger partial charge in [0.2, 0.25) is 0 Å². The van der Waals surface area contributed by atoms with Crippen LogP contribution >= 0.6 is 0 Å². The lowest BCUT2D eigenvalue weighted by Crippen LogP contribution is -2.39. The molecule has 0 radical (unpaired) electrons. The van der Waals surface area contributed by atoms with Crippen molar-refractivity contribution < 1.29 is 0 Å². The van der Waals surface area contributed by atoms with E-state index in [4.69, 9.17) is 0 Å². The Labute approximate surface area is 94.4 Å². The van der Waals surface area contributed by atoms with Crippen LogP contribution in [0.2, 0.25) is 0 Å². The number of nitrogens with zero attached hydrogens (tertiary/aromatic N) is 1. The van der Waals surface area contributed by atoms with Crippen molar-refractivity contribution in [3.8, 4) is 0 Å². The molecule has 1 heterocycles. The molecular formula is C13H26N2. The Kier molecular flexibility index (Phi) is 4.45. The number of nitrogens with one attached hydrogen (secondary N) is 1. The van der Waals surface area contributed by atoms with Gasteiger partial charge in [0.15, 0.2) is 0 Å². The molecule has 2 rings (SSSR count). The number of likely N-dealkylation sites (tertiary alicyclic amines) is 1. The maximum Gasteiger partial charge on any atom is 0.000966 e. The predicted molar refractivity (Wildman–Crippen MR) is 65.0 cm³/mol. The van der Waals surface area contributed by atoms with Crippen LogP contribution in [0.3, 0.4) is 0 Å². The van der Waals surface area contributed by atoms with Crippen LogP contribution < -0.4 is 5.32 Å². The van der Waals surface area contributed by atoms with Gasteiger partial charge in [0.05, 0.1) is 0 Å². The molecule has 1 saturated heterocycles. The summed E-state index contributed by atoms with van der Waals surface area (Å²) in [6.45, 7) is 5.34. The summed E-state index contributed by atoms with van der Waals surface area (Å²) in [7, 11) is 2.06. The van der Waals surface area contributed by atoms with Crippen LogP contribution in [-0.2, 0) is 0 Å². The van der Waals surface area contributed by atoms with Crippen molar-refractivity contribution >= 4 is 0 Å². The normalized spacial score (nSPS) is 25.4.